The van der Waals surface area contributed by atoms with E-state index in [-0.39, 0.29) is 9.76 Å². The van der Waals surface area contributed by atoms with E-state index >= 15 is 0 Å². The van der Waals surface area contributed by atoms with Crippen LogP contribution in [-0.4, -0.2) is 25.9 Å². The van der Waals surface area contributed by atoms with Gasteiger partial charge in [-0.15, -0.1) is 0 Å². The monoisotopic (exact) mass is 134 g/mol. The fourth-order valence-corrected chi connectivity index (χ4v) is 1.78. The molecule has 3 heteroatoms. The zero-order valence-corrected chi connectivity index (χ0v) is 8.07. The lowest BCUT2D eigenvalue weighted by Gasteiger charge is -1.94. The Balaban J connectivity index is 2.45. The van der Waals surface area contributed by atoms with Crippen molar-refractivity contribution in [3.63, 3.8) is 0 Å². The summed E-state index contributed by atoms with van der Waals surface area (Å²) in [6.45, 7) is 5.56. The van der Waals surface area contributed by atoms with Crippen molar-refractivity contribution in [2.75, 3.05) is 6.61 Å². The first-order valence-electron chi connectivity index (χ1n) is 2.99. The van der Waals surface area contributed by atoms with E-state index in [4.69, 9.17) is 4.43 Å². The second-order valence-electron chi connectivity index (χ2n) is 1.55. The van der Waals surface area contributed by atoms with Crippen molar-refractivity contribution in [1.82, 2.24) is 0 Å². The summed E-state index contributed by atoms with van der Waals surface area (Å²) in [5, 5.41) is 0. The van der Waals surface area contributed by atoms with Gasteiger partial charge in [0.15, 0.2) is 9.76 Å². The van der Waals surface area contributed by atoms with Crippen molar-refractivity contribution in [1.29, 1.82) is 0 Å². The lowest BCUT2D eigenvalue weighted by atomic mass is 10.9. The maximum absolute atomic E-state index is 5.25. The lowest BCUT2D eigenvalue weighted by molar-refractivity contribution is 0.363. The maximum atomic E-state index is 5.25. The molecule has 0 N–H and O–H groups in total. The number of hydrogen-bond acceptors (Lipinski definition) is 1. The topological polar surface area (TPSA) is 9.23 Å². The fraction of sp³-hybridized carbons (Fsp3) is 1.00. The molecule has 0 bridgehead atoms. The van der Waals surface area contributed by atoms with Crippen molar-refractivity contribution < 1.29 is 4.43 Å². The van der Waals surface area contributed by atoms with Crippen LogP contribution in [0.15, 0.2) is 0 Å². The average Bonchev–Trinajstić information content (AvgIpc) is 1.69. The Labute approximate surface area is 50.2 Å². The molecule has 0 unspecified atom stereocenters. The van der Waals surface area contributed by atoms with Crippen LogP contribution < -0.4 is 0 Å². The minimum absolute atomic E-state index is 0.0841. The van der Waals surface area contributed by atoms with Crippen LogP contribution in [-0.2, 0) is 4.43 Å². The largest absolute Gasteiger partial charge is 0.425 e. The molecule has 44 valence electrons. The summed E-state index contributed by atoms with van der Waals surface area (Å²) in [4.78, 5) is 0. The first kappa shape index (κ1) is 7.39. The third-order valence-electron chi connectivity index (χ3n) is 0.846. The SMILES string of the molecule is C[SiH2]CCO[SiH2]C. The number of hydrogen-bond donors (Lipinski definition) is 0. The van der Waals surface area contributed by atoms with Crippen LogP contribution in [0.25, 0.3) is 0 Å². The van der Waals surface area contributed by atoms with Crippen molar-refractivity contribution in [3.05, 3.63) is 0 Å². The zero-order chi connectivity index (χ0) is 5.54. The molecule has 1 nitrogen and oxygen atoms in total. The average molecular weight is 134 g/mol. The Morgan fingerprint density at radius 3 is 2.57 bits per heavy atom. The van der Waals surface area contributed by atoms with Gasteiger partial charge in [-0.3, -0.25) is 0 Å². The molecule has 0 radical (unpaired) electrons. The lowest BCUT2D eigenvalue weighted by Crippen LogP contribution is -1.97. The first-order valence-corrected chi connectivity index (χ1v) is 7.40. The molecule has 0 aliphatic carbocycles. The summed E-state index contributed by atoms with van der Waals surface area (Å²) in [6.07, 6.45) is 0. The molecule has 0 saturated carbocycles. The highest BCUT2D eigenvalue weighted by Gasteiger charge is 1.79. The minimum atomic E-state index is -0.0841. The molecule has 0 aliphatic rings. The molecule has 0 heterocycles. The van der Waals surface area contributed by atoms with Crippen molar-refractivity contribution in [2.45, 2.75) is 19.1 Å². The Kier molecular flexibility index (Phi) is 6.75. The molecule has 0 rings (SSSR count). The second-order valence-corrected chi connectivity index (χ2v) is 4.24. The van der Waals surface area contributed by atoms with Gasteiger partial charge in [-0.2, -0.15) is 0 Å². The summed E-state index contributed by atoms with van der Waals surface area (Å²) < 4.78 is 5.25. The van der Waals surface area contributed by atoms with Crippen molar-refractivity contribution in [2.24, 2.45) is 0 Å². The molecule has 0 fully saturated rings. The summed E-state index contributed by atoms with van der Waals surface area (Å²) >= 11 is 0. The predicted octanol–water partition coefficient (Wildman–Crippen LogP) is -0.230. The fourth-order valence-electron chi connectivity index (χ4n) is 0.391. The molecule has 0 aromatic carbocycles. The Hall–Kier alpha value is 0.394. The highest BCUT2D eigenvalue weighted by atomic mass is 28.2. The van der Waals surface area contributed by atoms with Gasteiger partial charge in [0, 0.05) is 16.1 Å². The van der Waals surface area contributed by atoms with Gasteiger partial charge in [-0.25, -0.2) is 0 Å². The van der Waals surface area contributed by atoms with E-state index in [1.807, 2.05) is 0 Å². The third kappa shape index (κ3) is 6.39. The molecule has 0 aromatic heterocycles. The highest BCUT2D eigenvalue weighted by Crippen LogP contribution is 1.77. The van der Waals surface area contributed by atoms with Gasteiger partial charge < -0.3 is 4.43 Å². The van der Waals surface area contributed by atoms with Crippen LogP contribution in [0.1, 0.15) is 0 Å². The molecular formula is C4H14OSi2. The van der Waals surface area contributed by atoms with Gasteiger partial charge in [0.05, 0.1) is 0 Å². The number of rotatable bonds is 4. The van der Waals surface area contributed by atoms with E-state index < -0.39 is 0 Å². The Bertz CT molecular complexity index is 28.9. The second kappa shape index (κ2) is 6.39. The van der Waals surface area contributed by atoms with E-state index in [1.54, 1.807) is 0 Å². The molecule has 0 aromatic rings. The van der Waals surface area contributed by atoms with E-state index in [0.717, 1.165) is 6.61 Å². The maximum Gasteiger partial charge on any atom is 0.158 e. The van der Waals surface area contributed by atoms with Gasteiger partial charge in [0.2, 0.25) is 0 Å². The standard InChI is InChI=1S/C4H14OSi2/c1-6-4-3-5-7-2/h3-4,6-7H2,1-2H3. The molecule has 0 saturated heterocycles. The Morgan fingerprint density at radius 1 is 1.43 bits per heavy atom. The summed E-state index contributed by atoms with van der Waals surface area (Å²) in [5.74, 6) is 0. The van der Waals surface area contributed by atoms with Gasteiger partial charge in [-0.1, -0.05) is 13.1 Å². The summed E-state index contributed by atoms with van der Waals surface area (Å²) in [5.41, 5.74) is 0. The predicted molar refractivity (Wildman–Crippen MR) is 39.6 cm³/mol. The van der Waals surface area contributed by atoms with Gasteiger partial charge >= 0.3 is 0 Å². The van der Waals surface area contributed by atoms with Gasteiger partial charge in [0.1, 0.15) is 0 Å². The molecule has 0 spiro atoms. The molecule has 0 amide bonds. The summed E-state index contributed by atoms with van der Waals surface area (Å²) in [6, 6.07) is 1.38. The van der Waals surface area contributed by atoms with Gasteiger partial charge in [-0.05, 0) is 6.04 Å². The zero-order valence-electron chi connectivity index (χ0n) is 5.24. The van der Waals surface area contributed by atoms with Crippen LogP contribution in [0.5, 0.6) is 0 Å². The van der Waals surface area contributed by atoms with E-state index in [1.165, 1.54) is 6.04 Å². The first-order chi connectivity index (χ1) is 3.41. The van der Waals surface area contributed by atoms with E-state index in [9.17, 15) is 0 Å². The van der Waals surface area contributed by atoms with E-state index in [2.05, 4.69) is 13.1 Å². The molecular weight excluding hydrogens is 120 g/mol. The van der Waals surface area contributed by atoms with Crippen LogP contribution >= 0.6 is 0 Å². The molecule has 0 atom stereocenters. The van der Waals surface area contributed by atoms with Crippen LogP contribution in [0, 0.1) is 0 Å². The highest BCUT2D eigenvalue weighted by molar-refractivity contribution is 6.33. The normalized spacial score (nSPS) is 12.9. The minimum Gasteiger partial charge on any atom is -0.425 e. The smallest absolute Gasteiger partial charge is 0.158 e. The third-order valence-corrected chi connectivity index (χ3v) is 2.54. The van der Waals surface area contributed by atoms with Crippen LogP contribution in [0.4, 0.5) is 0 Å². The van der Waals surface area contributed by atoms with Crippen molar-refractivity contribution >= 4 is 19.3 Å². The van der Waals surface area contributed by atoms with Gasteiger partial charge in [0.25, 0.3) is 0 Å². The van der Waals surface area contributed by atoms with E-state index in [0.29, 0.717) is 9.52 Å². The molecule has 0 aliphatic heterocycles. The van der Waals surface area contributed by atoms with Crippen LogP contribution in [0.3, 0.4) is 0 Å². The summed E-state index contributed by atoms with van der Waals surface area (Å²) in [7, 11) is 0.207. The Morgan fingerprint density at radius 2 is 2.14 bits per heavy atom. The quantitative estimate of drug-likeness (QED) is 0.381. The molecule has 7 heavy (non-hydrogen) atoms. The van der Waals surface area contributed by atoms with Crippen molar-refractivity contribution in [3.8, 4) is 0 Å². The van der Waals surface area contributed by atoms with Crippen LogP contribution in [0.2, 0.25) is 19.1 Å².